The van der Waals surface area contributed by atoms with Crippen LogP contribution in [-0.4, -0.2) is 41.2 Å². The molecule has 1 N–H and O–H groups in total. The SMILES string of the molecule is CCOc1cc(/C=C2/SC(=O)N(CC(=O)Nc3ccccc3Br)C2=O)ccc1O[C@@H](C)CC. The highest BCUT2D eigenvalue weighted by atomic mass is 79.9. The van der Waals surface area contributed by atoms with E-state index in [1.54, 1.807) is 42.5 Å². The van der Waals surface area contributed by atoms with Crippen molar-refractivity contribution in [3.05, 3.63) is 57.4 Å². The molecule has 0 bridgehead atoms. The van der Waals surface area contributed by atoms with Gasteiger partial charge in [-0.05, 0) is 83.9 Å². The lowest BCUT2D eigenvalue weighted by atomic mass is 10.1. The third-order valence-corrected chi connectivity index (χ3v) is 6.39. The number of nitrogens with one attached hydrogen (secondary N) is 1. The van der Waals surface area contributed by atoms with Crippen molar-refractivity contribution in [2.24, 2.45) is 0 Å². The molecule has 33 heavy (non-hydrogen) atoms. The van der Waals surface area contributed by atoms with E-state index in [0.717, 1.165) is 23.1 Å². The highest BCUT2D eigenvalue weighted by Crippen LogP contribution is 2.35. The molecule has 1 aliphatic heterocycles. The van der Waals surface area contributed by atoms with Gasteiger partial charge >= 0.3 is 0 Å². The molecular formula is C24H25BrN2O5S. The predicted octanol–water partition coefficient (Wildman–Crippen LogP) is 5.70. The molecule has 7 nitrogen and oxygen atoms in total. The normalized spacial score (nSPS) is 15.6. The van der Waals surface area contributed by atoms with Crippen molar-refractivity contribution in [1.29, 1.82) is 0 Å². The molecule has 2 aromatic rings. The number of halogens is 1. The zero-order chi connectivity index (χ0) is 24.0. The smallest absolute Gasteiger partial charge is 0.294 e. The van der Waals surface area contributed by atoms with E-state index < -0.39 is 17.1 Å². The van der Waals surface area contributed by atoms with Gasteiger partial charge in [0.2, 0.25) is 5.91 Å². The monoisotopic (exact) mass is 532 g/mol. The predicted molar refractivity (Wildman–Crippen MR) is 133 cm³/mol. The van der Waals surface area contributed by atoms with Gasteiger partial charge in [0.05, 0.1) is 23.3 Å². The summed E-state index contributed by atoms with van der Waals surface area (Å²) in [6, 6.07) is 12.5. The molecule has 0 aromatic heterocycles. The first-order chi connectivity index (χ1) is 15.8. The van der Waals surface area contributed by atoms with Gasteiger partial charge in [0.15, 0.2) is 11.5 Å². The summed E-state index contributed by atoms with van der Waals surface area (Å²) in [5, 5.41) is 2.21. The van der Waals surface area contributed by atoms with E-state index in [0.29, 0.717) is 33.8 Å². The average molecular weight is 533 g/mol. The van der Waals surface area contributed by atoms with Crippen molar-refractivity contribution in [3.8, 4) is 11.5 Å². The lowest BCUT2D eigenvalue weighted by Crippen LogP contribution is -2.36. The minimum atomic E-state index is -0.509. The van der Waals surface area contributed by atoms with Gasteiger partial charge in [-0.2, -0.15) is 0 Å². The van der Waals surface area contributed by atoms with E-state index in [2.05, 4.69) is 21.2 Å². The minimum absolute atomic E-state index is 0.0363. The zero-order valence-electron chi connectivity index (χ0n) is 18.6. The van der Waals surface area contributed by atoms with Gasteiger partial charge in [-0.3, -0.25) is 19.3 Å². The lowest BCUT2D eigenvalue weighted by Gasteiger charge is -2.16. The molecule has 1 atom stereocenters. The number of benzene rings is 2. The fourth-order valence-electron chi connectivity index (χ4n) is 2.96. The van der Waals surface area contributed by atoms with Crippen molar-refractivity contribution >= 4 is 56.5 Å². The average Bonchev–Trinajstić information content (AvgIpc) is 3.04. The van der Waals surface area contributed by atoms with Crippen LogP contribution in [0.25, 0.3) is 6.08 Å². The van der Waals surface area contributed by atoms with E-state index in [9.17, 15) is 14.4 Å². The van der Waals surface area contributed by atoms with E-state index >= 15 is 0 Å². The van der Waals surface area contributed by atoms with Gasteiger partial charge in [-0.25, -0.2) is 0 Å². The Hall–Kier alpha value is -2.78. The Morgan fingerprint density at radius 3 is 2.64 bits per heavy atom. The number of amides is 3. The third-order valence-electron chi connectivity index (χ3n) is 4.79. The molecule has 0 saturated carbocycles. The maximum absolute atomic E-state index is 12.8. The number of hydrogen-bond acceptors (Lipinski definition) is 6. The summed E-state index contributed by atoms with van der Waals surface area (Å²) in [5.41, 5.74) is 1.26. The summed E-state index contributed by atoms with van der Waals surface area (Å²) in [5.74, 6) is 0.222. The van der Waals surface area contributed by atoms with Crippen molar-refractivity contribution in [3.63, 3.8) is 0 Å². The van der Waals surface area contributed by atoms with Crippen LogP contribution in [0.1, 0.15) is 32.8 Å². The quantitative estimate of drug-likeness (QED) is 0.417. The summed E-state index contributed by atoms with van der Waals surface area (Å²) >= 11 is 4.16. The number of carbonyl (C=O) groups is 3. The largest absolute Gasteiger partial charge is 0.490 e. The first-order valence-electron chi connectivity index (χ1n) is 10.6. The third kappa shape index (κ3) is 6.39. The van der Waals surface area contributed by atoms with Crippen LogP contribution in [0, 0.1) is 0 Å². The van der Waals surface area contributed by atoms with Crippen LogP contribution in [0.4, 0.5) is 10.5 Å². The number of carbonyl (C=O) groups excluding carboxylic acids is 3. The van der Waals surface area contributed by atoms with Crippen LogP contribution in [0.2, 0.25) is 0 Å². The molecule has 1 aliphatic rings. The summed E-state index contributed by atoms with van der Waals surface area (Å²) in [6.45, 7) is 5.99. The highest BCUT2D eigenvalue weighted by Gasteiger charge is 2.36. The van der Waals surface area contributed by atoms with Gasteiger partial charge in [0, 0.05) is 4.47 Å². The van der Waals surface area contributed by atoms with Gasteiger partial charge in [0.25, 0.3) is 11.1 Å². The Balaban J connectivity index is 1.74. The number of nitrogens with zero attached hydrogens (tertiary/aromatic N) is 1. The molecule has 174 valence electrons. The lowest BCUT2D eigenvalue weighted by molar-refractivity contribution is -0.127. The van der Waals surface area contributed by atoms with Crippen LogP contribution in [0.3, 0.4) is 0 Å². The van der Waals surface area contributed by atoms with Crippen molar-refractivity contribution in [1.82, 2.24) is 4.90 Å². The summed E-state index contributed by atoms with van der Waals surface area (Å²) in [4.78, 5) is 38.8. The van der Waals surface area contributed by atoms with Gasteiger partial charge in [-0.1, -0.05) is 25.1 Å². The first-order valence-corrected chi connectivity index (χ1v) is 12.2. The van der Waals surface area contributed by atoms with Crippen LogP contribution < -0.4 is 14.8 Å². The zero-order valence-corrected chi connectivity index (χ0v) is 21.0. The van der Waals surface area contributed by atoms with E-state index in [1.807, 2.05) is 26.8 Å². The number of rotatable bonds is 9. The Kier molecular flexibility index (Phi) is 8.57. The molecule has 1 fully saturated rings. The van der Waals surface area contributed by atoms with Crippen molar-refractivity contribution < 1.29 is 23.9 Å². The Labute approximate surface area is 205 Å². The molecule has 0 radical (unpaired) electrons. The van der Waals surface area contributed by atoms with Crippen molar-refractivity contribution in [2.45, 2.75) is 33.3 Å². The molecule has 0 spiro atoms. The topological polar surface area (TPSA) is 84.9 Å². The molecule has 0 aliphatic carbocycles. The molecule has 9 heteroatoms. The van der Waals surface area contributed by atoms with Gasteiger partial charge in [0.1, 0.15) is 6.54 Å². The second-order valence-electron chi connectivity index (χ2n) is 7.27. The second kappa shape index (κ2) is 11.4. The molecular weight excluding hydrogens is 508 g/mol. The van der Waals surface area contributed by atoms with Crippen molar-refractivity contribution in [2.75, 3.05) is 18.5 Å². The number of para-hydroxylation sites is 1. The van der Waals surface area contributed by atoms with E-state index in [-0.39, 0.29) is 17.6 Å². The summed E-state index contributed by atoms with van der Waals surface area (Å²) < 4.78 is 12.3. The number of imide groups is 1. The van der Waals surface area contributed by atoms with Crippen LogP contribution in [0.15, 0.2) is 51.8 Å². The highest BCUT2D eigenvalue weighted by molar-refractivity contribution is 9.10. The second-order valence-corrected chi connectivity index (χ2v) is 9.12. The fourth-order valence-corrected chi connectivity index (χ4v) is 4.19. The Bertz CT molecular complexity index is 1090. The molecule has 1 saturated heterocycles. The van der Waals surface area contributed by atoms with Crippen LogP contribution in [0.5, 0.6) is 11.5 Å². The number of ether oxygens (including phenoxy) is 2. The standard InChI is InChI=1S/C24H25BrN2O5S/c1-4-15(3)32-19-11-10-16(12-20(19)31-5-2)13-21-23(29)27(24(30)33-21)14-22(28)26-18-9-7-6-8-17(18)25/h6-13,15H,4-5,14H2,1-3H3,(H,26,28)/b21-13+/t15-/m0/s1. The summed E-state index contributed by atoms with van der Waals surface area (Å²) in [7, 11) is 0. The number of anilines is 1. The minimum Gasteiger partial charge on any atom is -0.490 e. The van der Waals surface area contributed by atoms with Gasteiger partial charge < -0.3 is 14.8 Å². The van der Waals surface area contributed by atoms with Crippen LogP contribution >= 0.6 is 27.7 Å². The Morgan fingerprint density at radius 1 is 1.18 bits per heavy atom. The Morgan fingerprint density at radius 2 is 1.94 bits per heavy atom. The maximum atomic E-state index is 12.8. The number of thioether (sulfide) groups is 1. The number of hydrogen-bond donors (Lipinski definition) is 1. The van der Waals surface area contributed by atoms with Gasteiger partial charge in [-0.15, -0.1) is 0 Å². The molecule has 3 rings (SSSR count). The maximum Gasteiger partial charge on any atom is 0.294 e. The summed E-state index contributed by atoms with van der Waals surface area (Å²) in [6.07, 6.45) is 2.51. The first kappa shape index (κ1) is 24.9. The molecule has 2 aromatic carbocycles. The van der Waals surface area contributed by atoms with E-state index in [1.165, 1.54) is 0 Å². The fraction of sp³-hybridized carbons (Fsp3) is 0.292. The van der Waals surface area contributed by atoms with E-state index in [4.69, 9.17) is 9.47 Å². The van der Waals surface area contributed by atoms with Crippen LogP contribution in [-0.2, 0) is 9.59 Å². The molecule has 3 amide bonds. The molecule has 1 heterocycles. The molecule has 0 unspecified atom stereocenters.